The molecule has 0 aromatic rings. The van der Waals surface area contributed by atoms with E-state index in [-0.39, 0.29) is 11.9 Å². The minimum absolute atomic E-state index is 0.0250. The van der Waals surface area contributed by atoms with Gasteiger partial charge in [0.1, 0.15) is 6.04 Å². The van der Waals surface area contributed by atoms with Crippen molar-refractivity contribution in [2.45, 2.75) is 57.0 Å². The Hall–Kier alpha value is -1.10. The van der Waals surface area contributed by atoms with E-state index in [1.165, 1.54) is 6.42 Å². The SMILES string of the molecule is CNCCCC(=O)N1C(C(=O)O)CC2CCCCC21. The molecule has 0 spiro atoms. The Labute approximate surface area is 114 Å². The summed E-state index contributed by atoms with van der Waals surface area (Å²) in [5, 5.41) is 12.4. The topological polar surface area (TPSA) is 69.6 Å². The summed E-state index contributed by atoms with van der Waals surface area (Å²) >= 11 is 0. The molecule has 1 saturated carbocycles. The van der Waals surface area contributed by atoms with E-state index < -0.39 is 12.0 Å². The molecule has 2 N–H and O–H groups in total. The van der Waals surface area contributed by atoms with Gasteiger partial charge in [-0.05, 0) is 45.2 Å². The zero-order valence-electron chi connectivity index (χ0n) is 11.6. The van der Waals surface area contributed by atoms with E-state index >= 15 is 0 Å². The maximum absolute atomic E-state index is 12.3. The van der Waals surface area contributed by atoms with Gasteiger partial charge in [-0.1, -0.05) is 12.8 Å². The number of rotatable bonds is 5. The van der Waals surface area contributed by atoms with Gasteiger partial charge in [0, 0.05) is 12.5 Å². The maximum Gasteiger partial charge on any atom is 0.326 e. The summed E-state index contributed by atoms with van der Waals surface area (Å²) in [5.41, 5.74) is 0. The Morgan fingerprint density at radius 2 is 2.05 bits per heavy atom. The number of aliphatic carboxylic acids is 1. The van der Waals surface area contributed by atoms with Crippen molar-refractivity contribution in [3.8, 4) is 0 Å². The minimum atomic E-state index is -0.837. The molecule has 1 amide bonds. The first kappa shape index (κ1) is 14.3. The first-order valence-corrected chi connectivity index (χ1v) is 7.33. The fourth-order valence-electron chi connectivity index (χ4n) is 3.58. The molecule has 0 aromatic heterocycles. The molecule has 2 aliphatic rings. The lowest BCUT2D eigenvalue weighted by molar-refractivity contribution is -0.149. The quantitative estimate of drug-likeness (QED) is 0.736. The first-order valence-electron chi connectivity index (χ1n) is 7.33. The molecule has 5 nitrogen and oxygen atoms in total. The van der Waals surface area contributed by atoms with Crippen molar-refractivity contribution in [2.24, 2.45) is 5.92 Å². The molecule has 1 saturated heterocycles. The highest BCUT2D eigenvalue weighted by Gasteiger charge is 2.47. The summed E-state index contributed by atoms with van der Waals surface area (Å²) < 4.78 is 0. The third-order valence-corrected chi connectivity index (χ3v) is 4.48. The number of fused-ring (bicyclic) bond motifs is 1. The predicted molar refractivity (Wildman–Crippen MR) is 71.8 cm³/mol. The van der Waals surface area contributed by atoms with Crippen molar-refractivity contribution in [3.05, 3.63) is 0 Å². The van der Waals surface area contributed by atoms with Gasteiger partial charge in [0.15, 0.2) is 0 Å². The number of carbonyl (C=O) groups excluding carboxylic acids is 1. The standard InChI is InChI=1S/C14H24N2O3/c1-15-8-4-7-13(17)16-11-6-3-2-5-10(11)9-12(16)14(18)19/h10-12,15H,2-9H2,1H3,(H,18,19). The summed E-state index contributed by atoms with van der Waals surface area (Å²) in [6, 6.07) is -0.410. The fraction of sp³-hybridized carbons (Fsp3) is 0.857. The zero-order chi connectivity index (χ0) is 13.8. The first-order chi connectivity index (χ1) is 9.15. The average molecular weight is 268 g/mol. The van der Waals surface area contributed by atoms with E-state index in [0.29, 0.717) is 18.8 Å². The molecule has 3 unspecified atom stereocenters. The molecular weight excluding hydrogens is 244 g/mol. The largest absolute Gasteiger partial charge is 0.480 e. The van der Waals surface area contributed by atoms with Crippen LogP contribution in [0.4, 0.5) is 0 Å². The molecule has 5 heteroatoms. The third-order valence-electron chi connectivity index (χ3n) is 4.48. The summed E-state index contributed by atoms with van der Waals surface area (Å²) in [6.45, 7) is 0.797. The second-order valence-corrected chi connectivity index (χ2v) is 5.71. The van der Waals surface area contributed by atoms with Crippen LogP contribution < -0.4 is 5.32 Å². The molecule has 1 aliphatic heterocycles. The molecule has 1 aliphatic carbocycles. The number of nitrogens with one attached hydrogen (secondary N) is 1. The Morgan fingerprint density at radius 1 is 1.32 bits per heavy atom. The molecule has 19 heavy (non-hydrogen) atoms. The monoisotopic (exact) mass is 268 g/mol. The number of carboxylic acid groups (broad SMARTS) is 1. The van der Waals surface area contributed by atoms with Gasteiger partial charge < -0.3 is 15.3 Å². The van der Waals surface area contributed by atoms with Crippen molar-refractivity contribution in [1.29, 1.82) is 0 Å². The molecule has 108 valence electrons. The Kier molecular flexibility index (Phi) is 4.80. The van der Waals surface area contributed by atoms with Crippen LogP contribution in [0.3, 0.4) is 0 Å². The zero-order valence-corrected chi connectivity index (χ0v) is 11.6. The second-order valence-electron chi connectivity index (χ2n) is 5.71. The Morgan fingerprint density at radius 3 is 2.74 bits per heavy atom. The number of nitrogens with zero attached hydrogens (tertiary/aromatic N) is 1. The van der Waals surface area contributed by atoms with Crippen molar-refractivity contribution in [3.63, 3.8) is 0 Å². The average Bonchev–Trinajstić information content (AvgIpc) is 2.78. The van der Waals surface area contributed by atoms with E-state index in [9.17, 15) is 14.7 Å². The lowest BCUT2D eigenvalue weighted by Gasteiger charge is -2.33. The highest BCUT2D eigenvalue weighted by Crippen LogP contribution is 2.40. The van der Waals surface area contributed by atoms with Crippen LogP contribution in [0.5, 0.6) is 0 Å². The summed E-state index contributed by atoms with van der Waals surface area (Å²) in [4.78, 5) is 25.4. The molecule has 3 atom stereocenters. The molecular formula is C14H24N2O3. The normalized spacial score (nSPS) is 30.2. The maximum atomic E-state index is 12.3. The third kappa shape index (κ3) is 3.08. The van der Waals surface area contributed by atoms with Crippen LogP contribution in [0.25, 0.3) is 0 Å². The van der Waals surface area contributed by atoms with Gasteiger partial charge in [0.25, 0.3) is 0 Å². The number of amides is 1. The van der Waals surface area contributed by atoms with E-state index in [1.54, 1.807) is 4.90 Å². The molecule has 0 aromatic carbocycles. The van der Waals surface area contributed by atoms with Crippen molar-refractivity contribution < 1.29 is 14.7 Å². The minimum Gasteiger partial charge on any atom is -0.480 e. The lowest BCUT2D eigenvalue weighted by atomic mass is 9.84. The smallest absolute Gasteiger partial charge is 0.326 e. The highest BCUT2D eigenvalue weighted by molar-refractivity contribution is 5.84. The van der Waals surface area contributed by atoms with Crippen LogP contribution in [0, 0.1) is 5.92 Å². The number of hydrogen-bond donors (Lipinski definition) is 2. The lowest BCUT2D eigenvalue weighted by Crippen LogP contribution is -2.46. The van der Waals surface area contributed by atoms with Gasteiger partial charge >= 0.3 is 5.97 Å². The predicted octanol–water partition coefficient (Wildman–Crippen LogP) is 1.23. The van der Waals surface area contributed by atoms with Crippen molar-refractivity contribution >= 4 is 11.9 Å². The van der Waals surface area contributed by atoms with Crippen LogP contribution in [0.2, 0.25) is 0 Å². The second kappa shape index (κ2) is 6.37. The van der Waals surface area contributed by atoms with E-state index in [0.717, 1.165) is 32.2 Å². The van der Waals surface area contributed by atoms with Crippen molar-refractivity contribution in [1.82, 2.24) is 10.2 Å². The van der Waals surface area contributed by atoms with Gasteiger partial charge in [-0.2, -0.15) is 0 Å². The number of carbonyl (C=O) groups is 2. The Balaban J connectivity index is 2.04. The molecule has 2 fully saturated rings. The van der Waals surface area contributed by atoms with Crippen LogP contribution in [0.15, 0.2) is 0 Å². The van der Waals surface area contributed by atoms with Gasteiger partial charge in [0.05, 0.1) is 0 Å². The van der Waals surface area contributed by atoms with Gasteiger partial charge in [-0.25, -0.2) is 4.79 Å². The summed E-state index contributed by atoms with van der Waals surface area (Å²) in [6.07, 6.45) is 6.23. The van der Waals surface area contributed by atoms with Gasteiger partial charge in [-0.15, -0.1) is 0 Å². The molecule has 2 rings (SSSR count). The van der Waals surface area contributed by atoms with Crippen LogP contribution in [0.1, 0.15) is 44.9 Å². The highest BCUT2D eigenvalue weighted by atomic mass is 16.4. The van der Waals surface area contributed by atoms with E-state index in [1.807, 2.05) is 7.05 Å². The van der Waals surface area contributed by atoms with Crippen LogP contribution in [-0.4, -0.2) is 47.6 Å². The molecule has 1 heterocycles. The molecule has 0 bridgehead atoms. The van der Waals surface area contributed by atoms with E-state index in [4.69, 9.17) is 0 Å². The number of hydrogen-bond acceptors (Lipinski definition) is 3. The van der Waals surface area contributed by atoms with E-state index in [2.05, 4.69) is 5.32 Å². The summed E-state index contributed by atoms with van der Waals surface area (Å²) in [7, 11) is 1.86. The number of likely N-dealkylation sites (tertiary alicyclic amines) is 1. The van der Waals surface area contributed by atoms with Crippen molar-refractivity contribution in [2.75, 3.05) is 13.6 Å². The van der Waals surface area contributed by atoms with Crippen LogP contribution in [-0.2, 0) is 9.59 Å². The van der Waals surface area contributed by atoms with Gasteiger partial charge in [-0.3, -0.25) is 4.79 Å². The van der Waals surface area contributed by atoms with Crippen LogP contribution >= 0.6 is 0 Å². The fourth-order valence-corrected chi connectivity index (χ4v) is 3.58. The Bertz CT molecular complexity index is 346. The van der Waals surface area contributed by atoms with Gasteiger partial charge in [0.2, 0.25) is 5.91 Å². The summed E-state index contributed by atoms with van der Waals surface area (Å²) in [5.74, 6) is -0.406. The number of carboxylic acids is 1. The molecule has 0 radical (unpaired) electrons.